The van der Waals surface area contributed by atoms with Gasteiger partial charge in [-0.05, 0) is 48.9 Å². The highest BCUT2D eigenvalue weighted by Gasteiger charge is 2.00. The Morgan fingerprint density at radius 1 is 1.00 bits per heavy atom. The maximum Gasteiger partial charge on any atom is 0.0836 e. The minimum Gasteiger partial charge on any atom is -0.411 e. The molecule has 0 amide bonds. The van der Waals surface area contributed by atoms with Crippen molar-refractivity contribution in [3.63, 3.8) is 0 Å². The van der Waals surface area contributed by atoms with Crippen molar-refractivity contribution in [2.75, 3.05) is 5.73 Å². The average molecular weight is 258 g/mol. The monoisotopic (exact) mass is 258 g/mol. The molecule has 0 heterocycles. The highest BCUT2D eigenvalue weighted by molar-refractivity contribution is 7.99. The molecular formula is C14H14N2OS. The van der Waals surface area contributed by atoms with Crippen LogP contribution in [0.25, 0.3) is 0 Å². The molecule has 0 aliphatic rings. The van der Waals surface area contributed by atoms with E-state index in [-0.39, 0.29) is 0 Å². The fraction of sp³-hybridized carbons (Fsp3) is 0.0714. The van der Waals surface area contributed by atoms with Crippen molar-refractivity contribution < 1.29 is 5.21 Å². The van der Waals surface area contributed by atoms with Gasteiger partial charge in [-0.25, -0.2) is 0 Å². The molecule has 0 bridgehead atoms. The van der Waals surface area contributed by atoms with Crippen LogP contribution in [0.1, 0.15) is 12.5 Å². The highest BCUT2D eigenvalue weighted by Crippen LogP contribution is 2.28. The molecule has 92 valence electrons. The molecule has 0 aliphatic carbocycles. The predicted octanol–water partition coefficient (Wildman–Crippen LogP) is 3.62. The van der Waals surface area contributed by atoms with E-state index in [1.165, 1.54) is 0 Å². The summed E-state index contributed by atoms with van der Waals surface area (Å²) in [6.07, 6.45) is 0. The lowest BCUT2D eigenvalue weighted by molar-refractivity contribution is 0.319. The molecule has 3 N–H and O–H groups in total. The van der Waals surface area contributed by atoms with Crippen LogP contribution >= 0.6 is 11.8 Å². The van der Waals surface area contributed by atoms with E-state index in [0.29, 0.717) is 5.71 Å². The van der Waals surface area contributed by atoms with Crippen molar-refractivity contribution in [2.45, 2.75) is 16.7 Å². The molecule has 0 saturated carbocycles. The number of hydrogen-bond acceptors (Lipinski definition) is 4. The van der Waals surface area contributed by atoms with Gasteiger partial charge in [-0.1, -0.05) is 29.1 Å². The van der Waals surface area contributed by atoms with E-state index in [2.05, 4.69) is 5.16 Å². The van der Waals surface area contributed by atoms with Crippen molar-refractivity contribution in [3.05, 3.63) is 54.1 Å². The van der Waals surface area contributed by atoms with E-state index < -0.39 is 0 Å². The summed E-state index contributed by atoms with van der Waals surface area (Å²) in [5, 5.41) is 11.9. The molecule has 0 atom stereocenters. The van der Waals surface area contributed by atoms with Crippen LogP contribution in [0.5, 0.6) is 0 Å². The number of anilines is 1. The zero-order valence-electron chi connectivity index (χ0n) is 10.00. The summed E-state index contributed by atoms with van der Waals surface area (Å²) in [5.41, 5.74) is 7.94. The number of nitrogens with zero attached hydrogens (tertiary/aromatic N) is 1. The highest BCUT2D eigenvalue weighted by atomic mass is 32.2. The van der Waals surface area contributed by atoms with E-state index in [1.54, 1.807) is 18.7 Å². The van der Waals surface area contributed by atoms with Gasteiger partial charge in [-0.15, -0.1) is 0 Å². The van der Waals surface area contributed by atoms with Gasteiger partial charge in [0, 0.05) is 15.5 Å². The number of nitrogens with two attached hydrogens (primary N) is 1. The molecule has 0 spiro atoms. The van der Waals surface area contributed by atoms with Crippen molar-refractivity contribution in [2.24, 2.45) is 5.16 Å². The first kappa shape index (κ1) is 12.5. The van der Waals surface area contributed by atoms with E-state index in [9.17, 15) is 0 Å². The molecule has 0 radical (unpaired) electrons. The summed E-state index contributed by atoms with van der Waals surface area (Å²) in [7, 11) is 0. The Morgan fingerprint density at radius 2 is 1.50 bits per heavy atom. The van der Waals surface area contributed by atoms with Crippen molar-refractivity contribution >= 4 is 23.2 Å². The van der Waals surface area contributed by atoms with Gasteiger partial charge in [0.1, 0.15) is 0 Å². The first-order valence-corrected chi connectivity index (χ1v) is 6.33. The summed E-state index contributed by atoms with van der Waals surface area (Å²) in [4.78, 5) is 2.28. The maximum atomic E-state index is 8.69. The second-order valence-electron chi connectivity index (χ2n) is 3.88. The minimum absolute atomic E-state index is 0.610. The zero-order valence-corrected chi connectivity index (χ0v) is 10.8. The Balaban J connectivity index is 2.13. The fourth-order valence-corrected chi connectivity index (χ4v) is 2.31. The topological polar surface area (TPSA) is 58.6 Å². The molecule has 2 rings (SSSR count). The number of rotatable bonds is 3. The molecule has 0 unspecified atom stereocenters. The summed E-state index contributed by atoms with van der Waals surface area (Å²) in [6.45, 7) is 1.77. The molecule has 0 aliphatic heterocycles. The molecular weight excluding hydrogens is 244 g/mol. The molecule has 2 aromatic rings. The zero-order chi connectivity index (χ0) is 13.0. The number of oxime groups is 1. The van der Waals surface area contributed by atoms with Crippen LogP contribution in [0, 0.1) is 0 Å². The third-order valence-electron chi connectivity index (χ3n) is 2.54. The van der Waals surface area contributed by atoms with Crippen LogP contribution in [0.15, 0.2) is 63.5 Å². The van der Waals surface area contributed by atoms with Gasteiger partial charge in [0.25, 0.3) is 0 Å². The van der Waals surface area contributed by atoms with Crippen molar-refractivity contribution in [3.8, 4) is 0 Å². The van der Waals surface area contributed by atoms with Gasteiger partial charge in [-0.3, -0.25) is 0 Å². The Hall–Kier alpha value is -1.94. The molecule has 0 saturated heterocycles. The normalized spacial score (nSPS) is 11.5. The third-order valence-corrected chi connectivity index (χ3v) is 3.55. The van der Waals surface area contributed by atoms with E-state index in [4.69, 9.17) is 10.9 Å². The first-order valence-electron chi connectivity index (χ1n) is 5.51. The largest absolute Gasteiger partial charge is 0.411 e. The van der Waals surface area contributed by atoms with Gasteiger partial charge in [0.05, 0.1) is 5.71 Å². The summed E-state index contributed by atoms with van der Waals surface area (Å²) in [5.74, 6) is 0. The van der Waals surface area contributed by atoms with Crippen LogP contribution < -0.4 is 5.73 Å². The van der Waals surface area contributed by atoms with Crippen LogP contribution in [0.2, 0.25) is 0 Å². The maximum absolute atomic E-state index is 8.69. The Kier molecular flexibility index (Phi) is 3.89. The molecule has 0 fully saturated rings. The van der Waals surface area contributed by atoms with Gasteiger partial charge >= 0.3 is 0 Å². The van der Waals surface area contributed by atoms with E-state index in [0.717, 1.165) is 21.0 Å². The predicted molar refractivity (Wildman–Crippen MR) is 75.4 cm³/mol. The Bertz CT molecular complexity index is 547. The average Bonchev–Trinajstić information content (AvgIpc) is 2.41. The summed E-state index contributed by atoms with van der Waals surface area (Å²) in [6, 6.07) is 15.7. The second-order valence-corrected chi connectivity index (χ2v) is 5.03. The number of nitrogen functional groups attached to an aromatic ring is 1. The number of benzene rings is 2. The summed E-state index contributed by atoms with van der Waals surface area (Å²) < 4.78 is 0. The minimum atomic E-state index is 0.610. The van der Waals surface area contributed by atoms with Gasteiger partial charge in [0.15, 0.2) is 0 Å². The number of hydrogen-bond donors (Lipinski definition) is 2. The molecule has 0 aromatic heterocycles. The molecule has 4 heteroatoms. The SMILES string of the molecule is CC(=NO)c1ccc(Sc2ccc(N)cc2)cc1. The standard InChI is InChI=1S/C14H14N2OS/c1-10(16-17)11-2-6-13(7-3-11)18-14-8-4-12(15)5-9-14/h2-9,17H,15H2,1H3. The Morgan fingerprint density at radius 3 is 2.00 bits per heavy atom. The van der Waals surface area contributed by atoms with Gasteiger partial charge < -0.3 is 10.9 Å². The van der Waals surface area contributed by atoms with Crippen LogP contribution in [0.4, 0.5) is 5.69 Å². The fourth-order valence-electron chi connectivity index (χ4n) is 1.49. The lowest BCUT2D eigenvalue weighted by atomic mass is 10.1. The van der Waals surface area contributed by atoms with Gasteiger partial charge in [0.2, 0.25) is 0 Å². The summed E-state index contributed by atoms with van der Waals surface area (Å²) >= 11 is 1.67. The van der Waals surface area contributed by atoms with Crippen LogP contribution in [0.3, 0.4) is 0 Å². The Labute approximate surface area is 110 Å². The molecule has 18 heavy (non-hydrogen) atoms. The van der Waals surface area contributed by atoms with Crippen molar-refractivity contribution in [1.29, 1.82) is 0 Å². The molecule has 3 nitrogen and oxygen atoms in total. The molecule has 2 aromatic carbocycles. The smallest absolute Gasteiger partial charge is 0.0836 e. The first-order chi connectivity index (χ1) is 8.69. The third kappa shape index (κ3) is 3.05. The van der Waals surface area contributed by atoms with Crippen molar-refractivity contribution in [1.82, 2.24) is 0 Å². The lowest BCUT2D eigenvalue weighted by Gasteiger charge is -2.03. The quantitative estimate of drug-likeness (QED) is 0.382. The van der Waals surface area contributed by atoms with E-state index in [1.807, 2.05) is 48.5 Å². The van der Waals surface area contributed by atoms with Gasteiger partial charge in [-0.2, -0.15) is 0 Å². The van der Waals surface area contributed by atoms with Crippen LogP contribution in [-0.4, -0.2) is 10.9 Å². The van der Waals surface area contributed by atoms with E-state index >= 15 is 0 Å². The lowest BCUT2D eigenvalue weighted by Crippen LogP contribution is -1.93. The van der Waals surface area contributed by atoms with Crippen LogP contribution in [-0.2, 0) is 0 Å². The second kappa shape index (κ2) is 5.60.